The second kappa shape index (κ2) is 7.39. The molecule has 6 nitrogen and oxygen atoms in total. The molecule has 0 unspecified atom stereocenters. The molecule has 0 saturated carbocycles. The third-order valence-electron chi connectivity index (χ3n) is 3.67. The van der Waals surface area contributed by atoms with E-state index in [0.717, 1.165) is 29.8 Å². The Labute approximate surface area is 158 Å². The van der Waals surface area contributed by atoms with Gasteiger partial charge in [0.15, 0.2) is 5.82 Å². The van der Waals surface area contributed by atoms with Gasteiger partial charge in [0.05, 0.1) is 23.0 Å². The Hall–Kier alpha value is -3.27. The largest absolute Gasteiger partial charge is 0.501 e. The highest BCUT2D eigenvalue weighted by molar-refractivity contribution is 7.92. The maximum Gasteiger partial charge on any atom is 0.501 e. The number of sulfone groups is 1. The molecule has 1 amide bonds. The van der Waals surface area contributed by atoms with Gasteiger partial charge in [0.25, 0.3) is 15.7 Å². The van der Waals surface area contributed by atoms with E-state index in [1.165, 1.54) is 12.4 Å². The number of aromatic nitrogens is 2. The Balaban J connectivity index is 1.73. The fraction of sp³-hybridized carbons (Fsp3) is 0.0556. The maximum atomic E-state index is 12.5. The first-order valence-corrected chi connectivity index (χ1v) is 9.27. The average molecular weight is 407 g/mol. The highest BCUT2D eigenvalue weighted by Gasteiger charge is 2.46. The van der Waals surface area contributed by atoms with E-state index in [-0.39, 0.29) is 11.3 Å². The quantitative estimate of drug-likeness (QED) is 0.713. The van der Waals surface area contributed by atoms with Crippen LogP contribution < -0.4 is 5.32 Å². The van der Waals surface area contributed by atoms with Crippen molar-refractivity contribution >= 4 is 21.4 Å². The molecule has 28 heavy (non-hydrogen) atoms. The molecule has 2 aromatic carbocycles. The molecule has 10 heteroatoms. The van der Waals surface area contributed by atoms with Crippen molar-refractivity contribution in [3.63, 3.8) is 0 Å². The van der Waals surface area contributed by atoms with Crippen LogP contribution in [0.4, 0.5) is 18.9 Å². The Kier molecular flexibility index (Phi) is 5.14. The lowest BCUT2D eigenvalue weighted by Gasteiger charge is -2.09. The van der Waals surface area contributed by atoms with Crippen molar-refractivity contribution in [1.82, 2.24) is 9.97 Å². The summed E-state index contributed by atoms with van der Waals surface area (Å²) in [6.07, 6.45) is 2.77. The SMILES string of the molecule is O=C(Nc1cnc(-c2ccccc2)nc1)c1ccc(S(=O)(=O)C(F)(F)F)cc1. The van der Waals surface area contributed by atoms with Gasteiger partial charge in [-0.05, 0) is 24.3 Å². The van der Waals surface area contributed by atoms with Gasteiger partial charge in [0.1, 0.15) is 0 Å². The van der Waals surface area contributed by atoms with Crippen LogP contribution >= 0.6 is 0 Å². The van der Waals surface area contributed by atoms with E-state index in [9.17, 15) is 26.4 Å². The summed E-state index contributed by atoms with van der Waals surface area (Å²) in [6.45, 7) is 0. The first-order valence-electron chi connectivity index (χ1n) is 7.79. The summed E-state index contributed by atoms with van der Waals surface area (Å²) >= 11 is 0. The minimum atomic E-state index is -5.46. The maximum absolute atomic E-state index is 12.5. The zero-order valence-corrected chi connectivity index (χ0v) is 14.8. The van der Waals surface area contributed by atoms with E-state index >= 15 is 0 Å². The van der Waals surface area contributed by atoms with Crippen molar-refractivity contribution < 1.29 is 26.4 Å². The van der Waals surface area contributed by atoms with E-state index in [2.05, 4.69) is 15.3 Å². The van der Waals surface area contributed by atoms with E-state index in [1.807, 2.05) is 30.3 Å². The molecule has 1 aromatic heterocycles. The predicted molar refractivity (Wildman–Crippen MR) is 95.1 cm³/mol. The summed E-state index contributed by atoms with van der Waals surface area (Å²) in [6, 6.07) is 12.6. The van der Waals surface area contributed by atoms with Crippen molar-refractivity contribution in [3.05, 3.63) is 72.6 Å². The molecule has 0 aliphatic carbocycles. The molecule has 1 N–H and O–H groups in total. The number of halogens is 3. The van der Waals surface area contributed by atoms with Crippen molar-refractivity contribution in [2.45, 2.75) is 10.4 Å². The van der Waals surface area contributed by atoms with Gasteiger partial charge in [0.2, 0.25) is 0 Å². The van der Waals surface area contributed by atoms with Crippen LogP contribution in [0.25, 0.3) is 11.4 Å². The molecular weight excluding hydrogens is 395 g/mol. The Morgan fingerprint density at radius 2 is 1.46 bits per heavy atom. The van der Waals surface area contributed by atoms with Gasteiger partial charge in [-0.1, -0.05) is 30.3 Å². The zero-order valence-electron chi connectivity index (χ0n) is 14.0. The van der Waals surface area contributed by atoms with Crippen LogP contribution in [0.3, 0.4) is 0 Å². The number of rotatable bonds is 4. The molecule has 3 aromatic rings. The number of hydrogen-bond donors (Lipinski definition) is 1. The lowest BCUT2D eigenvalue weighted by Crippen LogP contribution is -2.23. The summed E-state index contributed by atoms with van der Waals surface area (Å²) in [7, 11) is -5.46. The van der Waals surface area contributed by atoms with Gasteiger partial charge in [-0.3, -0.25) is 4.79 Å². The molecule has 144 valence electrons. The van der Waals surface area contributed by atoms with Gasteiger partial charge in [-0.15, -0.1) is 0 Å². The molecule has 0 spiro atoms. The van der Waals surface area contributed by atoms with Crippen LogP contribution in [-0.2, 0) is 9.84 Å². The van der Waals surface area contributed by atoms with Gasteiger partial charge in [-0.2, -0.15) is 13.2 Å². The van der Waals surface area contributed by atoms with Gasteiger partial charge >= 0.3 is 5.51 Å². The normalized spacial score (nSPS) is 11.8. The number of hydrogen-bond acceptors (Lipinski definition) is 5. The molecule has 0 saturated heterocycles. The number of alkyl halides is 3. The summed E-state index contributed by atoms with van der Waals surface area (Å²) in [5.41, 5.74) is -4.36. The van der Waals surface area contributed by atoms with Crippen LogP contribution in [-0.4, -0.2) is 29.8 Å². The number of amides is 1. The first kappa shape index (κ1) is 19.5. The van der Waals surface area contributed by atoms with Gasteiger partial charge < -0.3 is 5.32 Å². The van der Waals surface area contributed by atoms with Crippen molar-refractivity contribution in [2.75, 3.05) is 5.32 Å². The Bertz CT molecular complexity index is 1080. The van der Waals surface area contributed by atoms with E-state index in [1.54, 1.807) is 0 Å². The van der Waals surface area contributed by atoms with Crippen molar-refractivity contribution in [1.29, 1.82) is 0 Å². The lowest BCUT2D eigenvalue weighted by atomic mass is 10.2. The van der Waals surface area contributed by atoms with Gasteiger partial charge in [-0.25, -0.2) is 18.4 Å². The Morgan fingerprint density at radius 1 is 0.893 bits per heavy atom. The molecule has 0 bridgehead atoms. The van der Waals surface area contributed by atoms with Crippen LogP contribution in [0.5, 0.6) is 0 Å². The number of anilines is 1. The fourth-order valence-electron chi connectivity index (χ4n) is 2.25. The number of carbonyl (C=O) groups is 1. The molecule has 0 aliphatic rings. The monoisotopic (exact) mass is 407 g/mol. The van der Waals surface area contributed by atoms with Crippen LogP contribution in [0.15, 0.2) is 71.9 Å². The molecular formula is C18H12F3N3O3S. The number of benzene rings is 2. The highest BCUT2D eigenvalue weighted by Crippen LogP contribution is 2.30. The molecule has 1 heterocycles. The standard InChI is InChI=1S/C18H12F3N3O3S/c19-18(20,21)28(26,27)15-8-6-13(7-9-15)17(25)24-14-10-22-16(23-11-14)12-4-2-1-3-5-12/h1-11H,(H,24,25). The number of carbonyl (C=O) groups excluding carboxylic acids is 1. The smallest absolute Gasteiger partial charge is 0.319 e. The van der Waals surface area contributed by atoms with Crippen LogP contribution in [0.2, 0.25) is 0 Å². The number of nitrogens with one attached hydrogen (secondary N) is 1. The van der Waals surface area contributed by atoms with Crippen molar-refractivity contribution in [2.24, 2.45) is 0 Å². The third-order valence-corrected chi connectivity index (χ3v) is 5.18. The fourth-order valence-corrected chi connectivity index (χ4v) is 3.01. The predicted octanol–water partition coefficient (Wildman–Crippen LogP) is 3.69. The van der Waals surface area contributed by atoms with E-state index < -0.39 is 26.1 Å². The van der Waals surface area contributed by atoms with Gasteiger partial charge in [0, 0.05) is 11.1 Å². The summed E-state index contributed by atoms with van der Waals surface area (Å²) in [4.78, 5) is 19.5. The second-order valence-corrected chi connectivity index (χ2v) is 7.53. The summed E-state index contributed by atoms with van der Waals surface area (Å²) in [5, 5.41) is 2.49. The first-order chi connectivity index (χ1) is 13.2. The topological polar surface area (TPSA) is 89.0 Å². The lowest BCUT2D eigenvalue weighted by molar-refractivity contribution is -0.0436. The zero-order chi connectivity index (χ0) is 20.4. The molecule has 0 radical (unpaired) electrons. The molecule has 0 aliphatic heterocycles. The van der Waals surface area contributed by atoms with Crippen LogP contribution in [0.1, 0.15) is 10.4 Å². The van der Waals surface area contributed by atoms with E-state index in [4.69, 9.17) is 0 Å². The minimum absolute atomic E-state index is 0.0201. The highest BCUT2D eigenvalue weighted by atomic mass is 32.2. The van der Waals surface area contributed by atoms with E-state index in [0.29, 0.717) is 5.82 Å². The minimum Gasteiger partial charge on any atom is -0.319 e. The molecule has 0 fully saturated rings. The third kappa shape index (κ3) is 4.01. The molecule has 3 rings (SSSR count). The van der Waals surface area contributed by atoms with Crippen molar-refractivity contribution in [3.8, 4) is 11.4 Å². The summed E-state index contributed by atoms with van der Waals surface area (Å²) < 4.78 is 60.3. The van der Waals surface area contributed by atoms with Crippen LogP contribution in [0, 0.1) is 0 Å². The average Bonchev–Trinajstić information content (AvgIpc) is 2.68. The second-order valence-electron chi connectivity index (χ2n) is 5.59. The number of nitrogens with zero attached hydrogens (tertiary/aromatic N) is 2. The summed E-state index contributed by atoms with van der Waals surface area (Å²) in [5.74, 6) is -0.188. The Morgan fingerprint density at radius 3 is 2.00 bits per heavy atom. The molecule has 0 atom stereocenters.